The van der Waals surface area contributed by atoms with Crippen LogP contribution in [0.25, 0.3) is 22.2 Å². The van der Waals surface area contributed by atoms with Crippen molar-refractivity contribution in [2.45, 2.75) is 13.1 Å². The van der Waals surface area contributed by atoms with Gasteiger partial charge in [0.25, 0.3) is 0 Å². The van der Waals surface area contributed by atoms with Crippen molar-refractivity contribution in [1.29, 1.82) is 0 Å². The number of halogens is 3. The van der Waals surface area contributed by atoms with Gasteiger partial charge in [0.2, 0.25) is 0 Å². The lowest BCUT2D eigenvalue weighted by Gasteiger charge is -2.11. The standard InChI is InChI=1S/C21H17F3N6O/c1-11-9-16(17-18(25)29-30-19(17)26-11)12-5-7-14(8-6-12)27-20(31)28-15-4-2-3-13(10-15)21(22,23)24/h2-10H,1H3,(H2,27,28,31)(H3,25,26,29,30). The molecule has 0 saturated carbocycles. The molecule has 0 aliphatic heterocycles. The summed E-state index contributed by atoms with van der Waals surface area (Å²) in [5.41, 5.74) is 8.61. The minimum absolute atomic E-state index is 0.0361. The van der Waals surface area contributed by atoms with Crippen molar-refractivity contribution in [1.82, 2.24) is 15.2 Å². The molecule has 10 heteroatoms. The normalized spacial score (nSPS) is 11.5. The number of carbonyl (C=O) groups excluding carboxylic acids is 1. The van der Waals surface area contributed by atoms with E-state index >= 15 is 0 Å². The molecule has 2 aromatic heterocycles. The van der Waals surface area contributed by atoms with Gasteiger partial charge in [-0.2, -0.15) is 18.3 Å². The predicted molar refractivity (Wildman–Crippen MR) is 113 cm³/mol. The Balaban J connectivity index is 1.51. The maximum Gasteiger partial charge on any atom is 0.416 e. The van der Waals surface area contributed by atoms with Gasteiger partial charge in [-0.25, -0.2) is 9.78 Å². The Morgan fingerprint density at radius 3 is 2.45 bits per heavy atom. The molecule has 4 aromatic rings. The summed E-state index contributed by atoms with van der Waals surface area (Å²) in [6.07, 6.45) is -4.49. The molecule has 2 heterocycles. The lowest BCUT2D eigenvalue weighted by Crippen LogP contribution is -2.19. The summed E-state index contributed by atoms with van der Waals surface area (Å²) >= 11 is 0. The number of aromatic amines is 1. The van der Waals surface area contributed by atoms with E-state index in [1.165, 1.54) is 12.1 Å². The summed E-state index contributed by atoms with van der Waals surface area (Å²) in [7, 11) is 0. The first kappa shape index (κ1) is 20.2. The Morgan fingerprint density at radius 2 is 1.74 bits per heavy atom. The van der Waals surface area contributed by atoms with Crippen molar-refractivity contribution in [2.24, 2.45) is 0 Å². The SMILES string of the molecule is Cc1cc(-c2ccc(NC(=O)Nc3cccc(C(F)(F)F)c3)cc2)c2c(N)[nH]nc2n1. The summed E-state index contributed by atoms with van der Waals surface area (Å²) in [6.45, 7) is 1.85. The maximum absolute atomic E-state index is 12.8. The van der Waals surface area contributed by atoms with Crippen molar-refractivity contribution < 1.29 is 18.0 Å². The third-order valence-electron chi connectivity index (χ3n) is 4.58. The van der Waals surface area contributed by atoms with Crippen LogP contribution in [0.5, 0.6) is 0 Å². The fourth-order valence-corrected chi connectivity index (χ4v) is 3.20. The van der Waals surface area contributed by atoms with E-state index in [0.717, 1.165) is 29.0 Å². The molecule has 0 radical (unpaired) electrons. The Morgan fingerprint density at radius 1 is 1.03 bits per heavy atom. The second kappa shape index (κ2) is 7.63. The van der Waals surface area contributed by atoms with Gasteiger partial charge in [-0.1, -0.05) is 18.2 Å². The summed E-state index contributed by atoms with van der Waals surface area (Å²) in [6, 6.07) is 12.6. The Kier molecular flexibility index (Phi) is 4.97. The number of urea groups is 1. The van der Waals surface area contributed by atoms with Gasteiger partial charge in [0, 0.05) is 17.1 Å². The molecule has 5 N–H and O–H groups in total. The molecule has 0 bridgehead atoms. The third kappa shape index (κ3) is 4.27. The monoisotopic (exact) mass is 426 g/mol. The molecule has 0 fully saturated rings. The number of fused-ring (bicyclic) bond motifs is 1. The number of amides is 2. The van der Waals surface area contributed by atoms with Gasteiger partial charge in [-0.05, 0) is 54.4 Å². The van der Waals surface area contributed by atoms with Crippen LogP contribution in [0.3, 0.4) is 0 Å². The van der Waals surface area contributed by atoms with Crippen LogP contribution in [0.2, 0.25) is 0 Å². The topological polar surface area (TPSA) is 109 Å². The number of nitrogens with two attached hydrogens (primary N) is 1. The number of nitrogen functional groups attached to an aromatic ring is 1. The first-order chi connectivity index (χ1) is 14.7. The number of rotatable bonds is 3. The number of H-pyrrole nitrogens is 1. The smallest absolute Gasteiger partial charge is 0.383 e. The zero-order valence-corrected chi connectivity index (χ0v) is 16.2. The molecule has 0 unspecified atom stereocenters. The minimum atomic E-state index is -4.49. The van der Waals surface area contributed by atoms with E-state index in [4.69, 9.17) is 5.73 Å². The molecule has 0 aliphatic carbocycles. The molecule has 31 heavy (non-hydrogen) atoms. The summed E-state index contributed by atoms with van der Waals surface area (Å²) in [4.78, 5) is 16.5. The Hall–Kier alpha value is -4.08. The third-order valence-corrected chi connectivity index (χ3v) is 4.58. The van der Waals surface area contributed by atoms with E-state index < -0.39 is 17.8 Å². The molecule has 7 nitrogen and oxygen atoms in total. The fraction of sp³-hybridized carbons (Fsp3) is 0.0952. The zero-order chi connectivity index (χ0) is 22.2. The van der Waals surface area contributed by atoms with Gasteiger partial charge in [0.15, 0.2) is 5.65 Å². The molecule has 0 aliphatic rings. The van der Waals surface area contributed by atoms with Crippen LogP contribution in [0.1, 0.15) is 11.3 Å². The van der Waals surface area contributed by atoms with Crippen molar-refractivity contribution in [3.8, 4) is 11.1 Å². The van der Waals surface area contributed by atoms with Crippen LogP contribution in [0, 0.1) is 6.92 Å². The van der Waals surface area contributed by atoms with E-state index in [9.17, 15) is 18.0 Å². The molecule has 2 amide bonds. The second-order valence-corrected chi connectivity index (χ2v) is 6.88. The number of nitrogens with zero attached hydrogens (tertiary/aromatic N) is 2. The number of anilines is 3. The summed E-state index contributed by atoms with van der Waals surface area (Å²) in [5.74, 6) is 0.403. The van der Waals surface area contributed by atoms with Crippen molar-refractivity contribution in [2.75, 3.05) is 16.4 Å². The lowest BCUT2D eigenvalue weighted by molar-refractivity contribution is -0.137. The van der Waals surface area contributed by atoms with Gasteiger partial charge in [-0.3, -0.25) is 5.10 Å². The average Bonchev–Trinajstić information content (AvgIpc) is 3.08. The van der Waals surface area contributed by atoms with Crippen molar-refractivity contribution in [3.05, 3.63) is 65.9 Å². The maximum atomic E-state index is 12.8. The molecule has 0 saturated heterocycles. The number of nitrogens with one attached hydrogen (secondary N) is 3. The predicted octanol–water partition coefficient (Wildman–Crippen LogP) is 5.18. The Bertz CT molecular complexity index is 1260. The lowest BCUT2D eigenvalue weighted by atomic mass is 10.0. The molecule has 2 aromatic carbocycles. The second-order valence-electron chi connectivity index (χ2n) is 6.88. The van der Waals surface area contributed by atoms with Crippen LogP contribution in [0.15, 0.2) is 54.6 Å². The van der Waals surface area contributed by atoms with Gasteiger partial charge >= 0.3 is 12.2 Å². The number of aromatic nitrogens is 3. The first-order valence-electron chi connectivity index (χ1n) is 9.17. The number of hydrogen-bond donors (Lipinski definition) is 4. The summed E-state index contributed by atoms with van der Waals surface area (Å²) in [5, 5.41) is 12.5. The van der Waals surface area contributed by atoms with E-state index in [1.54, 1.807) is 24.3 Å². The number of hydrogen-bond acceptors (Lipinski definition) is 4. The van der Waals surface area contributed by atoms with Crippen LogP contribution >= 0.6 is 0 Å². The number of carbonyl (C=O) groups is 1. The highest BCUT2D eigenvalue weighted by Gasteiger charge is 2.30. The number of aryl methyl sites for hydroxylation is 1. The zero-order valence-electron chi connectivity index (χ0n) is 16.2. The highest BCUT2D eigenvalue weighted by atomic mass is 19.4. The van der Waals surface area contributed by atoms with Gasteiger partial charge in [0.05, 0.1) is 10.9 Å². The number of benzene rings is 2. The highest BCUT2D eigenvalue weighted by Crippen LogP contribution is 2.32. The first-order valence-corrected chi connectivity index (χ1v) is 9.17. The minimum Gasteiger partial charge on any atom is -0.383 e. The molecule has 0 atom stereocenters. The quantitative estimate of drug-likeness (QED) is 0.362. The molecular weight excluding hydrogens is 409 g/mol. The number of pyridine rings is 1. The Labute approximate surface area is 174 Å². The van der Waals surface area contributed by atoms with E-state index in [2.05, 4.69) is 25.8 Å². The highest BCUT2D eigenvalue weighted by molar-refractivity contribution is 6.01. The van der Waals surface area contributed by atoms with Crippen LogP contribution in [-0.4, -0.2) is 21.2 Å². The molecule has 158 valence electrons. The van der Waals surface area contributed by atoms with Crippen LogP contribution in [-0.2, 0) is 6.18 Å². The van der Waals surface area contributed by atoms with Gasteiger partial charge in [-0.15, -0.1) is 0 Å². The van der Waals surface area contributed by atoms with Crippen molar-refractivity contribution in [3.63, 3.8) is 0 Å². The van der Waals surface area contributed by atoms with Crippen LogP contribution in [0.4, 0.5) is 35.2 Å². The van der Waals surface area contributed by atoms with Gasteiger partial charge < -0.3 is 16.4 Å². The fourth-order valence-electron chi connectivity index (χ4n) is 3.20. The molecule has 4 rings (SSSR count). The van der Waals surface area contributed by atoms with E-state index in [1.807, 2.05) is 13.0 Å². The molecule has 0 spiro atoms. The largest absolute Gasteiger partial charge is 0.416 e. The van der Waals surface area contributed by atoms with E-state index in [-0.39, 0.29) is 5.69 Å². The number of alkyl halides is 3. The molecular formula is C21H17F3N6O. The average molecular weight is 426 g/mol. The van der Waals surface area contributed by atoms with Crippen molar-refractivity contribution >= 4 is 34.3 Å². The van der Waals surface area contributed by atoms with Crippen LogP contribution < -0.4 is 16.4 Å². The van der Waals surface area contributed by atoms with Gasteiger partial charge in [0.1, 0.15) is 5.82 Å². The summed E-state index contributed by atoms with van der Waals surface area (Å²) < 4.78 is 38.4. The van der Waals surface area contributed by atoms with E-state index in [0.29, 0.717) is 22.5 Å².